The molecule has 1 fully saturated rings. The van der Waals surface area contributed by atoms with Crippen LogP contribution in [0, 0.1) is 23.0 Å². The number of nitrogens with two attached hydrogens (primary N) is 1. The van der Waals surface area contributed by atoms with Crippen molar-refractivity contribution >= 4 is 16.7 Å². The smallest absolute Gasteiger partial charge is 0.192 e. The number of nitriles is 1. The first-order chi connectivity index (χ1) is 16.2. The molecule has 1 saturated carbocycles. The number of ether oxygens (including phenoxy) is 1. The van der Waals surface area contributed by atoms with Crippen LogP contribution in [0.1, 0.15) is 31.4 Å². The molecule has 1 aliphatic carbocycles. The number of halogens is 2. The van der Waals surface area contributed by atoms with Gasteiger partial charge in [-0.25, -0.2) is 18.4 Å². The number of methoxy groups -OCH3 is 1. The van der Waals surface area contributed by atoms with Crippen LogP contribution in [0.15, 0.2) is 42.5 Å². The molecular formula is C25H21F2N5O2. The van der Waals surface area contributed by atoms with Crippen LogP contribution in [0.4, 0.5) is 14.6 Å². The molecule has 2 aromatic carbocycles. The van der Waals surface area contributed by atoms with Crippen LogP contribution in [0.3, 0.4) is 0 Å². The van der Waals surface area contributed by atoms with E-state index in [9.17, 15) is 14.8 Å². The summed E-state index contributed by atoms with van der Waals surface area (Å²) in [6.45, 7) is 1.74. The van der Waals surface area contributed by atoms with Gasteiger partial charge >= 0.3 is 0 Å². The lowest BCUT2D eigenvalue weighted by atomic mass is 9.77. The van der Waals surface area contributed by atoms with Crippen molar-refractivity contribution in [2.75, 3.05) is 12.8 Å². The predicted octanol–water partition coefficient (Wildman–Crippen LogP) is 4.59. The zero-order valence-corrected chi connectivity index (χ0v) is 18.5. The van der Waals surface area contributed by atoms with Crippen LogP contribution < -0.4 is 10.5 Å². The van der Waals surface area contributed by atoms with Crippen LogP contribution in [0.2, 0.25) is 0 Å². The number of fused-ring (bicyclic) bond motifs is 1. The summed E-state index contributed by atoms with van der Waals surface area (Å²) in [6, 6.07) is 12.7. The van der Waals surface area contributed by atoms with E-state index in [0.717, 1.165) is 0 Å². The Morgan fingerprint density at radius 1 is 1.21 bits per heavy atom. The molecule has 0 saturated heterocycles. The van der Waals surface area contributed by atoms with Crippen LogP contribution in [-0.4, -0.2) is 32.6 Å². The van der Waals surface area contributed by atoms with Crippen molar-refractivity contribution in [3.05, 3.63) is 59.7 Å². The molecule has 0 spiro atoms. The van der Waals surface area contributed by atoms with E-state index < -0.39 is 17.2 Å². The third-order valence-electron chi connectivity index (χ3n) is 6.24. The average molecular weight is 461 g/mol. The van der Waals surface area contributed by atoms with Gasteiger partial charge in [-0.05, 0) is 44.0 Å². The number of aromatic nitrogens is 3. The molecule has 172 valence electrons. The van der Waals surface area contributed by atoms with Crippen molar-refractivity contribution in [2.24, 2.45) is 0 Å². The highest BCUT2D eigenvalue weighted by Crippen LogP contribution is 2.44. The SMILES string of the molecule is COc1c(F)c(-c2ccccc2F)nc2cc(-c3nn(C4CC(C)(O)C4)c(N)c3C#N)ccc12. The lowest BCUT2D eigenvalue weighted by Crippen LogP contribution is -2.42. The first-order valence-corrected chi connectivity index (χ1v) is 10.7. The molecule has 0 atom stereocenters. The lowest BCUT2D eigenvalue weighted by Gasteiger charge is -2.41. The molecular weight excluding hydrogens is 440 g/mol. The molecule has 2 aromatic heterocycles. The van der Waals surface area contributed by atoms with Crippen molar-refractivity contribution in [3.63, 3.8) is 0 Å². The maximum Gasteiger partial charge on any atom is 0.192 e. The van der Waals surface area contributed by atoms with E-state index >= 15 is 4.39 Å². The van der Waals surface area contributed by atoms with Crippen molar-refractivity contribution in [3.8, 4) is 34.3 Å². The molecule has 0 unspecified atom stereocenters. The highest BCUT2D eigenvalue weighted by atomic mass is 19.1. The van der Waals surface area contributed by atoms with Gasteiger partial charge in [0.05, 0.1) is 24.3 Å². The number of hydrogen-bond acceptors (Lipinski definition) is 6. The van der Waals surface area contributed by atoms with E-state index in [1.54, 1.807) is 35.9 Å². The molecule has 2 heterocycles. The topological polar surface area (TPSA) is 110 Å². The summed E-state index contributed by atoms with van der Waals surface area (Å²) in [6.07, 6.45) is 0.954. The first-order valence-electron chi connectivity index (χ1n) is 10.7. The fourth-order valence-electron chi connectivity index (χ4n) is 4.56. The summed E-state index contributed by atoms with van der Waals surface area (Å²) in [5.41, 5.74) is 6.70. The summed E-state index contributed by atoms with van der Waals surface area (Å²) in [5, 5.41) is 24.8. The van der Waals surface area contributed by atoms with Crippen molar-refractivity contribution in [2.45, 2.75) is 31.4 Å². The summed E-state index contributed by atoms with van der Waals surface area (Å²) in [7, 11) is 1.33. The fraction of sp³-hybridized carbons (Fsp3) is 0.240. The molecule has 9 heteroatoms. The van der Waals surface area contributed by atoms with Gasteiger partial charge in [-0.2, -0.15) is 10.4 Å². The van der Waals surface area contributed by atoms with Crippen molar-refractivity contribution in [1.29, 1.82) is 5.26 Å². The monoisotopic (exact) mass is 461 g/mol. The number of benzene rings is 2. The zero-order chi connectivity index (χ0) is 24.2. The number of anilines is 1. The van der Waals surface area contributed by atoms with E-state index in [-0.39, 0.29) is 34.4 Å². The van der Waals surface area contributed by atoms with Crippen LogP contribution in [-0.2, 0) is 0 Å². The Labute approximate surface area is 194 Å². The van der Waals surface area contributed by atoms with Crippen molar-refractivity contribution in [1.82, 2.24) is 14.8 Å². The van der Waals surface area contributed by atoms with Gasteiger partial charge in [-0.1, -0.05) is 18.2 Å². The first kappa shape index (κ1) is 21.8. The lowest BCUT2D eigenvalue weighted by molar-refractivity contribution is -0.0535. The Hall–Kier alpha value is -4.03. The quantitative estimate of drug-likeness (QED) is 0.460. The second-order valence-electron chi connectivity index (χ2n) is 8.74. The number of nitrogen functional groups attached to an aromatic ring is 1. The fourth-order valence-corrected chi connectivity index (χ4v) is 4.56. The Bertz CT molecular complexity index is 1480. The summed E-state index contributed by atoms with van der Waals surface area (Å²) >= 11 is 0. The third kappa shape index (κ3) is 3.35. The summed E-state index contributed by atoms with van der Waals surface area (Å²) < 4.78 is 36.5. The Morgan fingerprint density at radius 3 is 2.59 bits per heavy atom. The zero-order valence-electron chi connectivity index (χ0n) is 18.5. The van der Waals surface area contributed by atoms with Gasteiger partial charge in [-0.15, -0.1) is 0 Å². The Morgan fingerprint density at radius 2 is 1.94 bits per heavy atom. The number of nitrogens with zero attached hydrogens (tertiary/aromatic N) is 4. The van der Waals surface area contributed by atoms with Gasteiger partial charge in [0.1, 0.15) is 34.7 Å². The molecule has 1 aliphatic rings. The summed E-state index contributed by atoms with van der Waals surface area (Å²) in [5.74, 6) is -1.22. The molecule has 0 radical (unpaired) electrons. The Balaban J connectivity index is 1.68. The molecule has 7 nitrogen and oxygen atoms in total. The minimum Gasteiger partial charge on any atom is -0.493 e. The molecule has 4 aromatic rings. The second-order valence-corrected chi connectivity index (χ2v) is 8.74. The van der Waals surface area contributed by atoms with E-state index in [4.69, 9.17) is 10.5 Å². The minimum atomic E-state index is -0.785. The van der Waals surface area contributed by atoms with Crippen LogP contribution >= 0.6 is 0 Å². The van der Waals surface area contributed by atoms with E-state index in [0.29, 0.717) is 35.0 Å². The number of rotatable bonds is 4. The predicted molar refractivity (Wildman–Crippen MR) is 123 cm³/mol. The van der Waals surface area contributed by atoms with Crippen LogP contribution in [0.5, 0.6) is 5.75 Å². The molecule has 0 amide bonds. The highest BCUT2D eigenvalue weighted by Gasteiger charge is 2.41. The van der Waals surface area contributed by atoms with Gasteiger partial charge in [0, 0.05) is 16.5 Å². The number of hydrogen-bond donors (Lipinski definition) is 2. The molecule has 0 bridgehead atoms. The Kier molecular flexibility index (Phi) is 4.99. The van der Waals surface area contributed by atoms with Gasteiger partial charge in [0.2, 0.25) is 0 Å². The van der Waals surface area contributed by atoms with Crippen LogP contribution in [0.25, 0.3) is 33.4 Å². The van der Waals surface area contributed by atoms with Gasteiger partial charge < -0.3 is 15.6 Å². The molecule has 0 aliphatic heterocycles. The third-order valence-corrected chi connectivity index (χ3v) is 6.24. The van der Waals surface area contributed by atoms with Gasteiger partial charge in [-0.3, -0.25) is 0 Å². The minimum absolute atomic E-state index is 0.00822. The maximum atomic E-state index is 15.2. The van der Waals surface area contributed by atoms with E-state index in [1.165, 1.54) is 25.3 Å². The average Bonchev–Trinajstić information content (AvgIpc) is 3.13. The maximum absolute atomic E-state index is 15.2. The van der Waals surface area contributed by atoms with Gasteiger partial charge in [0.15, 0.2) is 11.6 Å². The van der Waals surface area contributed by atoms with E-state index in [1.807, 2.05) is 0 Å². The molecule has 3 N–H and O–H groups in total. The number of pyridine rings is 1. The highest BCUT2D eigenvalue weighted by molar-refractivity contribution is 5.92. The van der Waals surface area contributed by atoms with Crippen molar-refractivity contribution < 1.29 is 18.6 Å². The normalized spacial score (nSPS) is 19.6. The molecule has 5 rings (SSSR count). The second kappa shape index (κ2) is 7.78. The van der Waals surface area contributed by atoms with E-state index in [2.05, 4.69) is 16.2 Å². The number of aliphatic hydroxyl groups is 1. The molecule has 34 heavy (non-hydrogen) atoms. The largest absolute Gasteiger partial charge is 0.493 e. The summed E-state index contributed by atoms with van der Waals surface area (Å²) in [4.78, 5) is 4.39. The standard InChI is InChI=1S/C25H21F2N5O2/c1-25(33)10-14(11-25)32-24(29)17(12-28)21(31-32)13-7-8-16-19(9-13)30-22(20(27)23(16)34-2)15-5-3-4-6-18(15)26/h3-9,14,33H,10-11,29H2,1-2H3. The van der Waals surface area contributed by atoms with Gasteiger partial charge in [0.25, 0.3) is 0 Å².